The number of hydrogen-bond acceptors (Lipinski definition) is 2. The van der Waals surface area contributed by atoms with E-state index in [1.807, 2.05) is 0 Å². The largest absolute Gasteiger partial charge is 0.334 e. The second-order valence-corrected chi connectivity index (χ2v) is 5.39. The molecule has 1 unspecified atom stereocenters. The van der Waals surface area contributed by atoms with Gasteiger partial charge in [0.2, 0.25) is 0 Å². The van der Waals surface area contributed by atoms with Crippen molar-refractivity contribution >= 4 is 0 Å². The first-order chi connectivity index (χ1) is 8.59. The highest BCUT2D eigenvalue weighted by atomic mass is 15.1. The molecule has 1 aromatic rings. The molecule has 1 aliphatic carbocycles. The van der Waals surface area contributed by atoms with Crippen molar-refractivity contribution in [3.63, 3.8) is 0 Å². The van der Waals surface area contributed by atoms with Crippen molar-refractivity contribution in [2.24, 2.45) is 7.05 Å². The van der Waals surface area contributed by atoms with Gasteiger partial charge in [-0.1, -0.05) is 11.6 Å². The van der Waals surface area contributed by atoms with Gasteiger partial charge in [-0.3, -0.25) is 0 Å². The van der Waals surface area contributed by atoms with E-state index in [-0.39, 0.29) is 0 Å². The van der Waals surface area contributed by atoms with Crippen LogP contribution in [0.4, 0.5) is 0 Å². The molecule has 1 N–H and O–H groups in total. The SMILES string of the molecule is Cc1nc(CNC(C)C2=CCCCC2)n(C)c1C. The Bertz CT molecular complexity index is 443. The van der Waals surface area contributed by atoms with Crippen molar-refractivity contribution in [1.82, 2.24) is 14.9 Å². The summed E-state index contributed by atoms with van der Waals surface area (Å²) in [6, 6.07) is 0.475. The maximum absolute atomic E-state index is 4.61. The van der Waals surface area contributed by atoms with Gasteiger partial charge in [-0.05, 0) is 46.5 Å². The molecule has 0 saturated heterocycles. The van der Waals surface area contributed by atoms with Crippen LogP contribution in [0.1, 0.15) is 49.8 Å². The predicted molar refractivity (Wildman–Crippen MR) is 75.5 cm³/mol. The average Bonchev–Trinajstić information content (AvgIpc) is 2.64. The molecule has 100 valence electrons. The van der Waals surface area contributed by atoms with Crippen LogP contribution in [0.15, 0.2) is 11.6 Å². The van der Waals surface area contributed by atoms with Gasteiger partial charge < -0.3 is 9.88 Å². The van der Waals surface area contributed by atoms with Crippen LogP contribution < -0.4 is 5.32 Å². The van der Waals surface area contributed by atoms with Crippen LogP contribution in [-0.4, -0.2) is 15.6 Å². The Hall–Kier alpha value is -1.09. The summed E-state index contributed by atoms with van der Waals surface area (Å²) in [5.41, 5.74) is 3.97. The van der Waals surface area contributed by atoms with Gasteiger partial charge in [0, 0.05) is 18.8 Å². The van der Waals surface area contributed by atoms with Crippen LogP contribution in [0.2, 0.25) is 0 Å². The van der Waals surface area contributed by atoms with E-state index in [0.717, 1.165) is 18.1 Å². The number of aryl methyl sites for hydroxylation is 1. The molecule has 0 radical (unpaired) electrons. The molecule has 0 amide bonds. The molecule has 1 heterocycles. The zero-order valence-corrected chi connectivity index (χ0v) is 12.1. The number of nitrogens with one attached hydrogen (secondary N) is 1. The second kappa shape index (κ2) is 5.70. The van der Waals surface area contributed by atoms with E-state index in [4.69, 9.17) is 0 Å². The smallest absolute Gasteiger partial charge is 0.122 e. The van der Waals surface area contributed by atoms with Crippen molar-refractivity contribution in [2.45, 2.75) is 59.0 Å². The van der Waals surface area contributed by atoms with Crippen LogP contribution in [0.25, 0.3) is 0 Å². The number of hydrogen-bond donors (Lipinski definition) is 1. The minimum absolute atomic E-state index is 0.475. The van der Waals surface area contributed by atoms with E-state index in [0.29, 0.717) is 6.04 Å². The fraction of sp³-hybridized carbons (Fsp3) is 0.667. The molecule has 0 saturated carbocycles. The molecule has 3 heteroatoms. The lowest BCUT2D eigenvalue weighted by molar-refractivity contribution is 0.541. The lowest BCUT2D eigenvalue weighted by Gasteiger charge is -2.20. The number of imidazole rings is 1. The minimum Gasteiger partial charge on any atom is -0.334 e. The van der Waals surface area contributed by atoms with Gasteiger partial charge in [0.1, 0.15) is 5.82 Å². The molecule has 0 fully saturated rings. The van der Waals surface area contributed by atoms with Gasteiger partial charge in [-0.2, -0.15) is 0 Å². The Labute approximate surface area is 110 Å². The van der Waals surface area contributed by atoms with Crippen LogP contribution in [-0.2, 0) is 13.6 Å². The molecule has 0 aromatic carbocycles. The van der Waals surface area contributed by atoms with Crippen molar-refractivity contribution in [3.8, 4) is 0 Å². The molecular formula is C15H25N3. The summed E-state index contributed by atoms with van der Waals surface area (Å²) >= 11 is 0. The highest BCUT2D eigenvalue weighted by molar-refractivity contribution is 5.15. The van der Waals surface area contributed by atoms with E-state index in [9.17, 15) is 0 Å². The Morgan fingerprint density at radius 2 is 2.17 bits per heavy atom. The molecule has 0 spiro atoms. The average molecular weight is 247 g/mol. The Balaban J connectivity index is 1.94. The first kappa shape index (κ1) is 13.3. The number of allylic oxidation sites excluding steroid dienone is 1. The maximum Gasteiger partial charge on any atom is 0.122 e. The maximum atomic E-state index is 4.61. The van der Waals surface area contributed by atoms with Crippen molar-refractivity contribution in [1.29, 1.82) is 0 Å². The first-order valence-electron chi connectivity index (χ1n) is 7.00. The summed E-state index contributed by atoms with van der Waals surface area (Å²) in [4.78, 5) is 4.61. The molecule has 18 heavy (non-hydrogen) atoms. The zero-order chi connectivity index (χ0) is 13.1. The third-order valence-corrected chi connectivity index (χ3v) is 4.16. The lowest BCUT2D eigenvalue weighted by atomic mass is 9.95. The molecule has 1 atom stereocenters. The van der Waals surface area contributed by atoms with E-state index in [1.54, 1.807) is 5.57 Å². The fourth-order valence-electron chi connectivity index (χ4n) is 2.58. The standard InChI is InChI=1S/C15H25N3/c1-11-13(3)18(4)15(17-11)10-16-12(2)14-8-6-5-7-9-14/h8,12,16H,5-7,9-10H2,1-4H3. The van der Waals surface area contributed by atoms with E-state index >= 15 is 0 Å². The molecule has 0 bridgehead atoms. The van der Waals surface area contributed by atoms with Crippen LogP contribution in [0, 0.1) is 13.8 Å². The normalized spacial score (nSPS) is 17.7. The number of aromatic nitrogens is 2. The molecule has 0 aliphatic heterocycles. The zero-order valence-electron chi connectivity index (χ0n) is 12.1. The summed E-state index contributed by atoms with van der Waals surface area (Å²) in [6.45, 7) is 7.31. The minimum atomic E-state index is 0.475. The van der Waals surface area contributed by atoms with E-state index in [2.05, 4.69) is 48.8 Å². The summed E-state index contributed by atoms with van der Waals surface area (Å²) < 4.78 is 2.18. The van der Waals surface area contributed by atoms with Crippen molar-refractivity contribution < 1.29 is 0 Å². The van der Waals surface area contributed by atoms with Crippen molar-refractivity contribution in [2.75, 3.05) is 0 Å². The second-order valence-electron chi connectivity index (χ2n) is 5.39. The molecular weight excluding hydrogens is 222 g/mol. The highest BCUT2D eigenvalue weighted by Crippen LogP contribution is 2.20. The third kappa shape index (κ3) is 2.83. The lowest BCUT2D eigenvalue weighted by Crippen LogP contribution is -2.29. The quantitative estimate of drug-likeness (QED) is 0.829. The summed E-state index contributed by atoms with van der Waals surface area (Å²) in [7, 11) is 2.09. The monoisotopic (exact) mass is 247 g/mol. The molecule has 1 aliphatic rings. The Kier molecular flexibility index (Phi) is 4.23. The van der Waals surface area contributed by atoms with Gasteiger partial charge in [-0.25, -0.2) is 4.98 Å². The van der Waals surface area contributed by atoms with Gasteiger partial charge in [0.05, 0.1) is 12.2 Å². The highest BCUT2D eigenvalue weighted by Gasteiger charge is 2.13. The van der Waals surface area contributed by atoms with Crippen LogP contribution in [0.3, 0.4) is 0 Å². The molecule has 3 nitrogen and oxygen atoms in total. The summed E-state index contributed by atoms with van der Waals surface area (Å²) in [5.74, 6) is 1.13. The first-order valence-corrected chi connectivity index (χ1v) is 7.00. The predicted octanol–water partition coefficient (Wildman–Crippen LogP) is 3.02. The number of rotatable bonds is 4. The van der Waals surface area contributed by atoms with Gasteiger partial charge in [0.15, 0.2) is 0 Å². The summed E-state index contributed by atoms with van der Waals surface area (Å²) in [5, 5.41) is 3.60. The third-order valence-electron chi connectivity index (χ3n) is 4.16. The molecule has 1 aromatic heterocycles. The van der Waals surface area contributed by atoms with Crippen LogP contribution in [0.5, 0.6) is 0 Å². The fourth-order valence-corrected chi connectivity index (χ4v) is 2.58. The van der Waals surface area contributed by atoms with Gasteiger partial charge in [-0.15, -0.1) is 0 Å². The van der Waals surface area contributed by atoms with Crippen molar-refractivity contribution in [3.05, 3.63) is 28.9 Å². The van der Waals surface area contributed by atoms with E-state index < -0.39 is 0 Å². The number of nitrogens with zero attached hydrogens (tertiary/aromatic N) is 2. The summed E-state index contributed by atoms with van der Waals surface area (Å²) in [6.07, 6.45) is 7.62. The Morgan fingerprint density at radius 3 is 2.72 bits per heavy atom. The topological polar surface area (TPSA) is 29.9 Å². The molecule has 2 rings (SSSR count). The van der Waals surface area contributed by atoms with E-state index in [1.165, 1.54) is 31.4 Å². The van der Waals surface area contributed by atoms with Crippen LogP contribution >= 0.6 is 0 Å². The van der Waals surface area contributed by atoms with Gasteiger partial charge in [0.25, 0.3) is 0 Å². The van der Waals surface area contributed by atoms with Gasteiger partial charge >= 0.3 is 0 Å². The Morgan fingerprint density at radius 1 is 1.39 bits per heavy atom.